The van der Waals surface area contributed by atoms with Gasteiger partial charge in [-0.15, -0.1) is 0 Å². The highest BCUT2D eigenvalue weighted by atomic mass is 16.5. The highest BCUT2D eigenvalue weighted by Gasteiger charge is 2.20. The van der Waals surface area contributed by atoms with Crippen molar-refractivity contribution in [2.45, 2.75) is 26.4 Å². The summed E-state index contributed by atoms with van der Waals surface area (Å²) in [7, 11) is 1.73. The first-order valence-electron chi connectivity index (χ1n) is 5.17. The SMILES string of the molecule is CCN1CCN=C1NCC(C)(C)OC. The fourth-order valence-electron chi connectivity index (χ4n) is 1.32. The molecule has 0 unspecified atom stereocenters. The van der Waals surface area contributed by atoms with Gasteiger partial charge in [0.15, 0.2) is 5.96 Å². The van der Waals surface area contributed by atoms with Crippen LogP contribution in [0.3, 0.4) is 0 Å². The van der Waals surface area contributed by atoms with E-state index in [4.69, 9.17) is 4.74 Å². The first kappa shape index (κ1) is 11.3. The smallest absolute Gasteiger partial charge is 0.194 e. The van der Waals surface area contributed by atoms with Gasteiger partial charge in [0.2, 0.25) is 0 Å². The molecule has 0 saturated heterocycles. The van der Waals surface area contributed by atoms with Gasteiger partial charge in [0, 0.05) is 26.7 Å². The van der Waals surface area contributed by atoms with Crippen molar-refractivity contribution in [3.63, 3.8) is 0 Å². The zero-order valence-electron chi connectivity index (χ0n) is 9.63. The fraction of sp³-hybridized carbons (Fsp3) is 0.900. The topological polar surface area (TPSA) is 36.9 Å². The summed E-state index contributed by atoms with van der Waals surface area (Å²) in [6.45, 7) is 10.0. The third-order valence-corrected chi connectivity index (χ3v) is 2.54. The van der Waals surface area contributed by atoms with Gasteiger partial charge in [-0.25, -0.2) is 0 Å². The summed E-state index contributed by atoms with van der Waals surface area (Å²) in [6.07, 6.45) is 0. The first-order valence-corrected chi connectivity index (χ1v) is 5.17. The Bertz CT molecular complexity index is 213. The van der Waals surface area contributed by atoms with Gasteiger partial charge in [-0.05, 0) is 20.8 Å². The van der Waals surface area contributed by atoms with E-state index in [1.54, 1.807) is 7.11 Å². The average Bonchev–Trinajstić information content (AvgIpc) is 2.62. The van der Waals surface area contributed by atoms with E-state index in [0.717, 1.165) is 32.1 Å². The lowest BCUT2D eigenvalue weighted by molar-refractivity contribution is 0.0265. The minimum Gasteiger partial charge on any atom is -0.377 e. The van der Waals surface area contributed by atoms with Gasteiger partial charge >= 0.3 is 0 Å². The van der Waals surface area contributed by atoms with Crippen molar-refractivity contribution in [3.8, 4) is 0 Å². The van der Waals surface area contributed by atoms with Gasteiger partial charge in [0.05, 0.1) is 12.1 Å². The second-order valence-electron chi connectivity index (χ2n) is 4.10. The van der Waals surface area contributed by atoms with Crippen molar-refractivity contribution in [1.82, 2.24) is 10.2 Å². The van der Waals surface area contributed by atoms with E-state index in [2.05, 4.69) is 36.0 Å². The molecule has 0 aromatic rings. The van der Waals surface area contributed by atoms with Crippen LogP contribution in [0, 0.1) is 0 Å². The van der Waals surface area contributed by atoms with E-state index < -0.39 is 0 Å². The van der Waals surface area contributed by atoms with E-state index in [1.165, 1.54) is 0 Å². The first-order chi connectivity index (χ1) is 6.59. The summed E-state index contributed by atoms with van der Waals surface area (Å²) in [5.74, 6) is 1.01. The fourth-order valence-corrected chi connectivity index (χ4v) is 1.32. The summed E-state index contributed by atoms with van der Waals surface area (Å²) in [5, 5.41) is 3.32. The number of aliphatic imine (C=N–C) groups is 1. The molecule has 1 aliphatic heterocycles. The molecule has 0 saturated carbocycles. The van der Waals surface area contributed by atoms with Crippen LogP contribution >= 0.6 is 0 Å². The molecule has 0 bridgehead atoms. The predicted molar refractivity (Wildman–Crippen MR) is 58.6 cm³/mol. The molecule has 4 heteroatoms. The van der Waals surface area contributed by atoms with Crippen molar-refractivity contribution in [3.05, 3.63) is 0 Å². The number of nitrogens with one attached hydrogen (secondary N) is 1. The van der Waals surface area contributed by atoms with Crippen molar-refractivity contribution in [2.24, 2.45) is 4.99 Å². The normalized spacial score (nSPS) is 17.1. The highest BCUT2D eigenvalue weighted by molar-refractivity contribution is 5.81. The molecule has 0 aliphatic carbocycles. The van der Waals surface area contributed by atoms with Gasteiger partial charge < -0.3 is 15.0 Å². The molecule has 0 fully saturated rings. The lowest BCUT2D eigenvalue weighted by Crippen LogP contribution is -2.45. The Morgan fingerprint density at radius 3 is 2.86 bits per heavy atom. The third kappa shape index (κ3) is 2.87. The molecule has 14 heavy (non-hydrogen) atoms. The molecule has 0 aromatic heterocycles. The number of ether oxygens (including phenoxy) is 1. The number of rotatable bonds is 4. The summed E-state index contributed by atoms with van der Waals surface area (Å²) >= 11 is 0. The summed E-state index contributed by atoms with van der Waals surface area (Å²) in [5.41, 5.74) is -0.134. The van der Waals surface area contributed by atoms with Gasteiger partial charge in [-0.1, -0.05) is 0 Å². The van der Waals surface area contributed by atoms with Crippen LogP contribution in [0.1, 0.15) is 20.8 Å². The largest absolute Gasteiger partial charge is 0.377 e. The number of hydrogen-bond donors (Lipinski definition) is 1. The lowest BCUT2D eigenvalue weighted by atomic mass is 10.1. The van der Waals surface area contributed by atoms with Crippen LogP contribution in [0.4, 0.5) is 0 Å². The van der Waals surface area contributed by atoms with Gasteiger partial charge in [0.1, 0.15) is 0 Å². The van der Waals surface area contributed by atoms with Crippen molar-refractivity contribution in [1.29, 1.82) is 0 Å². The monoisotopic (exact) mass is 199 g/mol. The molecule has 1 N–H and O–H groups in total. The van der Waals surface area contributed by atoms with E-state index in [9.17, 15) is 0 Å². The maximum atomic E-state index is 5.33. The van der Waals surface area contributed by atoms with Gasteiger partial charge in [-0.2, -0.15) is 0 Å². The zero-order chi connectivity index (χ0) is 10.6. The second kappa shape index (κ2) is 4.64. The maximum Gasteiger partial charge on any atom is 0.194 e. The minimum atomic E-state index is -0.134. The lowest BCUT2D eigenvalue weighted by Gasteiger charge is -2.26. The van der Waals surface area contributed by atoms with Crippen LogP contribution in [-0.4, -0.2) is 49.7 Å². The molecule has 82 valence electrons. The van der Waals surface area contributed by atoms with Crippen molar-refractivity contribution < 1.29 is 4.74 Å². The third-order valence-electron chi connectivity index (χ3n) is 2.54. The van der Waals surface area contributed by atoms with E-state index in [1.807, 2.05) is 0 Å². The summed E-state index contributed by atoms with van der Waals surface area (Å²) in [6, 6.07) is 0. The maximum absolute atomic E-state index is 5.33. The predicted octanol–water partition coefficient (Wildman–Crippen LogP) is 0.692. The molecule has 1 heterocycles. The Hall–Kier alpha value is -0.770. The quantitative estimate of drug-likeness (QED) is 0.724. The Morgan fingerprint density at radius 1 is 1.57 bits per heavy atom. The number of methoxy groups -OCH3 is 1. The molecular formula is C10H21N3O. The summed E-state index contributed by atoms with van der Waals surface area (Å²) < 4.78 is 5.33. The summed E-state index contributed by atoms with van der Waals surface area (Å²) in [4.78, 5) is 6.64. The van der Waals surface area contributed by atoms with Gasteiger partial charge in [-0.3, -0.25) is 4.99 Å². The second-order valence-corrected chi connectivity index (χ2v) is 4.10. The van der Waals surface area contributed by atoms with Crippen LogP contribution in [0.2, 0.25) is 0 Å². The molecular weight excluding hydrogens is 178 g/mol. The number of guanidine groups is 1. The minimum absolute atomic E-state index is 0.134. The van der Waals surface area contributed by atoms with Crippen LogP contribution in [0.25, 0.3) is 0 Å². The molecule has 0 spiro atoms. The Labute approximate surface area is 86.3 Å². The molecule has 1 rings (SSSR count). The molecule has 0 amide bonds. The van der Waals surface area contributed by atoms with Crippen LogP contribution < -0.4 is 5.32 Å². The highest BCUT2D eigenvalue weighted by Crippen LogP contribution is 2.06. The molecule has 0 atom stereocenters. The number of likely N-dealkylation sites (N-methyl/N-ethyl adjacent to an activating group) is 1. The average molecular weight is 199 g/mol. The van der Waals surface area contributed by atoms with Crippen molar-refractivity contribution >= 4 is 5.96 Å². The molecule has 4 nitrogen and oxygen atoms in total. The van der Waals surface area contributed by atoms with E-state index in [-0.39, 0.29) is 5.60 Å². The molecule has 0 radical (unpaired) electrons. The van der Waals surface area contributed by atoms with E-state index >= 15 is 0 Å². The zero-order valence-corrected chi connectivity index (χ0v) is 9.63. The van der Waals surface area contributed by atoms with Crippen LogP contribution in [0.5, 0.6) is 0 Å². The van der Waals surface area contributed by atoms with Crippen LogP contribution in [0.15, 0.2) is 4.99 Å². The number of hydrogen-bond acceptors (Lipinski definition) is 4. The van der Waals surface area contributed by atoms with Crippen LogP contribution in [-0.2, 0) is 4.74 Å². The van der Waals surface area contributed by atoms with Gasteiger partial charge in [0.25, 0.3) is 0 Å². The Morgan fingerprint density at radius 2 is 2.29 bits per heavy atom. The Balaban J connectivity index is 2.38. The van der Waals surface area contributed by atoms with E-state index in [0.29, 0.717) is 0 Å². The molecule has 1 aliphatic rings. The Kier molecular flexibility index (Phi) is 3.75. The standard InChI is InChI=1S/C10H21N3O/c1-5-13-7-6-11-9(13)12-8-10(2,3)14-4/h5-8H2,1-4H3,(H,11,12). The number of nitrogens with zero attached hydrogens (tertiary/aromatic N) is 2. The molecule has 0 aromatic carbocycles. The van der Waals surface area contributed by atoms with Crippen molar-refractivity contribution in [2.75, 3.05) is 33.3 Å².